The highest BCUT2D eigenvalue weighted by atomic mass is 19.1. The molecule has 0 bridgehead atoms. The van der Waals surface area contributed by atoms with Crippen molar-refractivity contribution in [1.82, 2.24) is 4.98 Å². The van der Waals surface area contributed by atoms with Crippen molar-refractivity contribution in [3.05, 3.63) is 66.4 Å². The van der Waals surface area contributed by atoms with Crippen LogP contribution in [0.1, 0.15) is 5.56 Å². The summed E-state index contributed by atoms with van der Waals surface area (Å²) in [7, 11) is 0. The number of hydrogen-bond acceptors (Lipinski definition) is 3. The lowest BCUT2D eigenvalue weighted by molar-refractivity contribution is 0.471. The zero-order valence-electron chi connectivity index (χ0n) is 13.0. The standard InChI is InChI=1S/C18H14F2N4O/c1-9(24-18(21)22)10-5-6-11-12(7-10)17(23-8-14(11)20)16-13(19)3-2-4-15(16)25/h2-8,25H,1H2,(H4,21,22,24). The van der Waals surface area contributed by atoms with Crippen LogP contribution < -0.4 is 11.5 Å². The van der Waals surface area contributed by atoms with E-state index in [0.29, 0.717) is 10.9 Å². The molecule has 0 aliphatic rings. The van der Waals surface area contributed by atoms with Crippen LogP contribution in [-0.4, -0.2) is 16.1 Å². The Morgan fingerprint density at radius 1 is 1.08 bits per heavy atom. The van der Waals surface area contributed by atoms with E-state index in [1.807, 2.05) is 0 Å². The molecule has 0 amide bonds. The van der Waals surface area contributed by atoms with Crippen molar-refractivity contribution in [3.8, 4) is 17.0 Å². The van der Waals surface area contributed by atoms with Gasteiger partial charge in [0.25, 0.3) is 0 Å². The third-order valence-electron chi connectivity index (χ3n) is 3.66. The Morgan fingerprint density at radius 3 is 2.52 bits per heavy atom. The summed E-state index contributed by atoms with van der Waals surface area (Å²) in [6.07, 6.45) is 0.980. The number of phenols is 1. The van der Waals surface area contributed by atoms with Gasteiger partial charge >= 0.3 is 0 Å². The zero-order valence-corrected chi connectivity index (χ0v) is 13.0. The summed E-state index contributed by atoms with van der Waals surface area (Å²) in [6, 6.07) is 8.51. The van der Waals surface area contributed by atoms with Crippen LogP contribution in [-0.2, 0) is 0 Å². The number of nitrogens with two attached hydrogens (primary N) is 2. The summed E-state index contributed by atoms with van der Waals surface area (Å²) in [5.41, 5.74) is 11.4. The van der Waals surface area contributed by atoms with Gasteiger partial charge in [0, 0.05) is 16.3 Å². The number of nitrogens with zero attached hydrogens (tertiary/aromatic N) is 2. The number of hydrogen-bond donors (Lipinski definition) is 3. The fourth-order valence-electron chi connectivity index (χ4n) is 2.56. The third kappa shape index (κ3) is 2.99. The topological polar surface area (TPSA) is 97.5 Å². The summed E-state index contributed by atoms with van der Waals surface area (Å²) in [6.45, 7) is 3.75. The van der Waals surface area contributed by atoms with Crippen molar-refractivity contribution in [1.29, 1.82) is 0 Å². The lowest BCUT2D eigenvalue weighted by Crippen LogP contribution is -2.22. The number of rotatable bonds is 3. The summed E-state index contributed by atoms with van der Waals surface area (Å²) in [5, 5.41) is 10.5. The van der Waals surface area contributed by atoms with Crippen molar-refractivity contribution < 1.29 is 13.9 Å². The number of phenolic OH excluding ortho intramolecular Hbond substituents is 1. The van der Waals surface area contributed by atoms with Gasteiger partial charge in [-0.1, -0.05) is 24.8 Å². The van der Waals surface area contributed by atoms with Crippen molar-refractivity contribution in [2.75, 3.05) is 0 Å². The maximum absolute atomic E-state index is 14.2. The molecule has 0 radical (unpaired) electrons. The monoisotopic (exact) mass is 340 g/mol. The zero-order chi connectivity index (χ0) is 18.1. The van der Waals surface area contributed by atoms with Gasteiger partial charge in [0.15, 0.2) is 5.96 Å². The molecular weight excluding hydrogens is 326 g/mol. The molecule has 1 heterocycles. The molecule has 0 aliphatic heterocycles. The van der Waals surface area contributed by atoms with E-state index in [-0.39, 0.29) is 34.0 Å². The molecule has 0 fully saturated rings. The average molecular weight is 340 g/mol. The molecule has 7 heteroatoms. The Bertz CT molecular complexity index is 1010. The van der Waals surface area contributed by atoms with E-state index in [2.05, 4.69) is 16.6 Å². The molecule has 5 nitrogen and oxygen atoms in total. The number of aliphatic imine (C=N–C) groups is 1. The number of guanidine groups is 1. The largest absolute Gasteiger partial charge is 0.507 e. The number of aromatic hydroxyl groups is 1. The highest BCUT2D eigenvalue weighted by molar-refractivity contribution is 5.98. The first-order chi connectivity index (χ1) is 11.9. The average Bonchev–Trinajstić information content (AvgIpc) is 2.55. The number of halogens is 2. The Balaban J connectivity index is 2.32. The van der Waals surface area contributed by atoms with Crippen LogP contribution in [0.5, 0.6) is 5.75 Å². The predicted octanol–water partition coefficient (Wildman–Crippen LogP) is 3.13. The highest BCUT2D eigenvalue weighted by Gasteiger charge is 2.17. The second-order valence-corrected chi connectivity index (χ2v) is 5.33. The Hall–Kier alpha value is -3.48. The van der Waals surface area contributed by atoms with Gasteiger partial charge < -0.3 is 16.6 Å². The first kappa shape index (κ1) is 16.4. The molecule has 0 saturated heterocycles. The van der Waals surface area contributed by atoms with Gasteiger partial charge in [-0.2, -0.15) is 0 Å². The molecule has 25 heavy (non-hydrogen) atoms. The molecule has 2 aromatic carbocycles. The summed E-state index contributed by atoms with van der Waals surface area (Å²) < 4.78 is 28.3. The molecule has 3 rings (SSSR count). The summed E-state index contributed by atoms with van der Waals surface area (Å²) in [5.74, 6) is -1.72. The van der Waals surface area contributed by atoms with Gasteiger partial charge in [-0.05, 0) is 18.2 Å². The number of fused-ring (bicyclic) bond motifs is 1. The molecule has 3 aromatic rings. The lowest BCUT2D eigenvalue weighted by Gasteiger charge is -2.11. The van der Waals surface area contributed by atoms with Crippen LogP contribution in [0.4, 0.5) is 8.78 Å². The molecule has 0 spiro atoms. The Kier molecular flexibility index (Phi) is 4.06. The van der Waals surface area contributed by atoms with Gasteiger partial charge in [-0.25, -0.2) is 13.8 Å². The third-order valence-corrected chi connectivity index (χ3v) is 3.66. The van der Waals surface area contributed by atoms with Crippen LogP contribution in [0.2, 0.25) is 0 Å². The Morgan fingerprint density at radius 2 is 1.84 bits per heavy atom. The smallest absolute Gasteiger partial charge is 0.191 e. The Labute approximate surface area is 141 Å². The number of pyridine rings is 1. The summed E-state index contributed by atoms with van der Waals surface area (Å²) >= 11 is 0. The van der Waals surface area contributed by atoms with E-state index in [0.717, 1.165) is 6.20 Å². The van der Waals surface area contributed by atoms with E-state index < -0.39 is 11.6 Å². The molecule has 0 saturated carbocycles. The van der Waals surface area contributed by atoms with E-state index in [9.17, 15) is 13.9 Å². The van der Waals surface area contributed by atoms with E-state index in [1.165, 1.54) is 24.3 Å². The van der Waals surface area contributed by atoms with Gasteiger partial charge in [0.1, 0.15) is 17.4 Å². The molecule has 1 aromatic heterocycles. The van der Waals surface area contributed by atoms with Crippen molar-refractivity contribution in [2.45, 2.75) is 0 Å². The summed E-state index contributed by atoms with van der Waals surface area (Å²) in [4.78, 5) is 7.82. The van der Waals surface area contributed by atoms with Crippen LogP contribution in [0.3, 0.4) is 0 Å². The second kappa shape index (κ2) is 6.20. The predicted molar refractivity (Wildman–Crippen MR) is 93.6 cm³/mol. The molecule has 0 atom stereocenters. The van der Waals surface area contributed by atoms with Gasteiger partial charge in [0.05, 0.1) is 23.2 Å². The second-order valence-electron chi connectivity index (χ2n) is 5.33. The van der Waals surface area contributed by atoms with Crippen LogP contribution in [0.15, 0.2) is 54.2 Å². The van der Waals surface area contributed by atoms with Crippen molar-refractivity contribution in [3.63, 3.8) is 0 Å². The lowest BCUT2D eigenvalue weighted by atomic mass is 9.99. The van der Waals surface area contributed by atoms with Gasteiger partial charge in [0.2, 0.25) is 0 Å². The minimum absolute atomic E-state index is 0.103. The van der Waals surface area contributed by atoms with Crippen LogP contribution >= 0.6 is 0 Å². The molecule has 5 N–H and O–H groups in total. The van der Waals surface area contributed by atoms with Crippen LogP contribution in [0.25, 0.3) is 27.7 Å². The minimum atomic E-state index is -0.672. The molecule has 0 unspecified atom stereocenters. The van der Waals surface area contributed by atoms with E-state index >= 15 is 0 Å². The normalized spacial score (nSPS) is 10.6. The highest BCUT2D eigenvalue weighted by Crippen LogP contribution is 2.36. The minimum Gasteiger partial charge on any atom is -0.507 e. The van der Waals surface area contributed by atoms with E-state index in [4.69, 9.17) is 11.5 Å². The van der Waals surface area contributed by atoms with Crippen LogP contribution in [0, 0.1) is 11.6 Å². The number of benzene rings is 2. The maximum atomic E-state index is 14.2. The first-order valence-electron chi connectivity index (χ1n) is 7.23. The fraction of sp³-hybridized carbons (Fsp3) is 0. The van der Waals surface area contributed by atoms with Crippen molar-refractivity contribution in [2.24, 2.45) is 16.5 Å². The molecular formula is C18H14F2N4O. The van der Waals surface area contributed by atoms with Gasteiger partial charge in [-0.3, -0.25) is 4.98 Å². The maximum Gasteiger partial charge on any atom is 0.191 e. The molecule has 126 valence electrons. The fourth-order valence-corrected chi connectivity index (χ4v) is 2.56. The van der Waals surface area contributed by atoms with Gasteiger partial charge in [-0.15, -0.1) is 0 Å². The quantitative estimate of drug-likeness (QED) is 0.504. The SMILES string of the molecule is C=C(N=C(N)N)c1ccc2c(F)cnc(-c3c(O)cccc3F)c2c1. The van der Waals surface area contributed by atoms with Crippen molar-refractivity contribution >= 4 is 22.4 Å². The molecule has 0 aliphatic carbocycles. The number of aromatic nitrogens is 1. The van der Waals surface area contributed by atoms with E-state index in [1.54, 1.807) is 12.1 Å². The first-order valence-corrected chi connectivity index (χ1v) is 7.23.